The molecule has 0 saturated carbocycles. The number of aryl methyl sites for hydroxylation is 1. The number of carbonyl (C=O) groups is 2. The van der Waals surface area contributed by atoms with Crippen molar-refractivity contribution in [2.45, 2.75) is 6.92 Å². The van der Waals surface area contributed by atoms with E-state index in [-0.39, 0.29) is 0 Å². The molecule has 1 amide bonds. The van der Waals surface area contributed by atoms with Crippen LogP contribution in [0.25, 0.3) is 6.08 Å². The van der Waals surface area contributed by atoms with E-state index >= 15 is 0 Å². The molecule has 0 aliphatic heterocycles. The third-order valence-electron chi connectivity index (χ3n) is 2.73. The summed E-state index contributed by atoms with van der Waals surface area (Å²) in [5.41, 5.74) is 0.780. The molecule has 0 aliphatic carbocycles. The van der Waals surface area contributed by atoms with Crippen molar-refractivity contribution < 1.29 is 23.1 Å². The van der Waals surface area contributed by atoms with Crippen molar-refractivity contribution in [2.24, 2.45) is 0 Å². The van der Waals surface area contributed by atoms with Crippen LogP contribution in [0.15, 0.2) is 47.1 Å². The van der Waals surface area contributed by atoms with Gasteiger partial charge in [0.1, 0.15) is 11.6 Å². The third kappa shape index (κ3) is 4.59. The van der Waals surface area contributed by atoms with Gasteiger partial charge in [0.25, 0.3) is 5.91 Å². The number of esters is 1. The lowest BCUT2D eigenvalue weighted by atomic mass is 10.2. The van der Waals surface area contributed by atoms with Gasteiger partial charge in [0.2, 0.25) is 0 Å². The van der Waals surface area contributed by atoms with Crippen molar-refractivity contribution in [3.05, 3.63) is 59.8 Å². The number of nitrogens with one attached hydrogen (secondary N) is 1. The Hall–Kier alpha value is -2.89. The third-order valence-corrected chi connectivity index (χ3v) is 2.73. The van der Waals surface area contributed by atoms with E-state index in [2.05, 4.69) is 5.32 Å². The molecule has 0 saturated heterocycles. The SMILES string of the molecule is Cc1ccc(NC(=O)COC(=O)C=Cc2ccco2)cc1F. The molecule has 1 heterocycles. The second-order valence-electron chi connectivity index (χ2n) is 4.47. The number of hydrogen-bond acceptors (Lipinski definition) is 4. The topological polar surface area (TPSA) is 68.5 Å². The standard InChI is InChI=1S/C16H14FNO4/c1-11-4-5-12(9-14(11)17)18-15(19)10-22-16(20)7-6-13-3-2-8-21-13/h2-9H,10H2,1H3,(H,18,19). The van der Waals surface area contributed by atoms with Crippen LogP contribution in [0, 0.1) is 12.7 Å². The van der Waals surface area contributed by atoms with Gasteiger partial charge in [-0.1, -0.05) is 6.07 Å². The smallest absolute Gasteiger partial charge is 0.331 e. The fourth-order valence-corrected chi connectivity index (χ4v) is 1.59. The number of benzene rings is 1. The molecule has 2 aromatic rings. The number of anilines is 1. The number of furan rings is 1. The average molecular weight is 303 g/mol. The summed E-state index contributed by atoms with van der Waals surface area (Å²) in [4.78, 5) is 23.0. The van der Waals surface area contributed by atoms with Gasteiger partial charge in [-0.05, 0) is 42.8 Å². The summed E-state index contributed by atoms with van der Waals surface area (Å²) in [7, 11) is 0. The van der Waals surface area contributed by atoms with Crippen LogP contribution in [0.4, 0.5) is 10.1 Å². The first-order valence-electron chi connectivity index (χ1n) is 6.49. The molecular formula is C16H14FNO4. The van der Waals surface area contributed by atoms with Crippen LogP contribution in [0.1, 0.15) is 11.3 Å². The van der Waals surface area contributed by atoms with E-state index in [1.54, 1.807) is 31.2 Å². The van der Waals surface area contributed by atoms with Crippen molar-refractivity contribution in [2.75, 3.05) is 11.9 Å². The summed E-state index contributed by atoms with van der Waals surface area (Å²) in [5, 5.41) is 2.44. The van der Waals surface area contributed by atoms with Gasteiger partial charge in [0.05, 0.1) is 6.26 Å². The first-order valence-corrected chi connectivity index (χ1v) is 6.49. The summed E-state index contributed by atoms with van der Waals surface area (Å²) in [6.07, 6.45) is 4.05. The van der Waals surface area contributed by atoms with Crippen LogP contribution in [0.3, 0.4) is 0 Å². The largest absolute Gasteiger partial charge is 0.465 e. The van der Waals surface area contributed by atoms with E-state index in [9.17, 15) is 14.0 Å². The predicted molar refractivity (Wildman–Crippen MR) is 78.5 cm³/mol. The highest BCUT2D eigenvalue weighted by atomic mass is 19.1. The molecule has 22 heavy (non-hydrogen) atoms. The fraction of sp³-hybridized carbons (Fsp3) is 0.125. The Labute approximate surface area is 126 Å². The Bertz CT molecular complexity index is 692. The quantitative estimate of drug-likeness (QED) is 0.681. The number of ether oxygens (including phenoxy) is 1. The van der Waals surface area contributed by atoms with E-state index in [1.807, 2.05) is 0 Å². The molecule has 114 valence electrons. The number of hydrogen-bond donors (Lipinski definition) is 1. The lowest BCUT2D eigenvalue weighted by molar-refractivity contribution is -0.142. The van der Waals surface area contributed by atoms with E-state index in [0.29, 0.717) is 17.0 Å². The van der Waals surface area contributed by atoms with E-state index in [0.717, 1.165) is 6.08 Å². The molecule has 2 rings (SSSR count). The molecule has 1 aromatic carbocycles. The lowest BCUT2D eigenvalue weighted by Crippen LogP contribution is -2.20. The van der Waals surface area contributed by atoms with Gasteiger partial charge in [0.15, 0.2) is 6.61 Å². The highest BCUT2D eigenvalue weighted by molar-refractivity contribution is 5.94. The van der Waals surface area contributed by atoms with Gasteiger partial charge in [-0.15, -0.1) is 0 Å². The Balaban J connectivity index is 1.79. The van der Waals surface area contributed by atoms with Crippen molar-refractivity contribution in [3.8, 4) is 0 Å². The predicted octanol–water partition coefficient (Wildman–Crippen LogP) is 2.92. The second kappa shape index (κ2) is 7.21. The number of carbonyl (C=O) groups excluding carboxylic acids is 2. The minimum atomic E-state index is -0.679. The Kier molecular flexibility index (Phi) is 5.08. The number of rotatable bonds is 5. The zero-order valence-electron chi connectivity index (χ0n) is 11.8. The highest BCUT2D eigenvalue weighted by Gasteiger charge is 2.07. The van der Waals surface area contributed by atoms with Crippen molar-refractivity contribution in [1.29, 1.82) is 0 Å². The monoisotopic (exact) mass is 303 g/mol. The Morgan fingerprint density at radius 3 is 2.86 bits per heavy atom. The average Bonchev–Trinajstić information content (AvgIpc) is 3.00. The molecule has 0 aliphatic rings. The van der Waals surface area contributed by atoms with Crippen LogP contribution in [-0.4, -0.2) is 18.5 Å². The van der Waals surface area contributed by atoms with Gasteiger partial charge >= 0.3 is 5.97 Å². The first-order chi connectivity index (χ1) is 10.5. The molecular weight excluding hydrogens is 289 g/mol. The Morgan fingerprint density at radius 2 is 2.18 bits per heavy atom. The van der Waals surface area contributed by atoms with Gasteiger partial charge in [-0.3, -0.25) is 4.79 Å². The minimum Gasteiger partial charge on any atom is -0.465 e. The first kappa shape index (κ1) is 15.5. The maximum atomic E-state index is 13.3. The zero-order valence-corrected chi connectivity index (χ0v) is 11.8. The molecule has 0 spiro atoms. The van der Waals surface area contributed by atoms with Crippen molar-refractivity contribution in [3.63, 3.8) is 0 Å². The van der Waals surface area contributed by atoms with Crippen molar-refractivity contribution in [1.82, 2.24) is 0 Å². The van der Waals surface area contributed by atoms with Crippen LogP contribution in [-0.2, 0) is 14.3 Å². The van der Waals surface area contributed by atoms with Crippen LogP contribution in [0.5, 0.6) is 0 Å². The van der Waals surface area contributed by atoms with E-state index < -0.39 is 24.3 Å². The minimum absolute atomic E-state index is 0.301. The molecule has 5 nitrogen and oxygen atoms in total. The fourth-order valence-electron chi connectivity index (χ4n) is 1.59. The summed E-state index contributed by atoms with van der Waals surface area (Å²) in [6, 6.07) is 7.66. The lowest BCUT2D eigenvalue weighted by Gasteiger charge is -2.06. The second-order valence-corrected chi connectivity index (χ2v) is 4.47. The van der Waals surface area contributed by atoms with Crippen LogP contribution in [0.2, 0.25) is 0 Å². The van der Waals surface area contributed by atoms with Gasteiger partial charge in [0, 0.05) is 11.8 Å². The summed E-state index contributed by atoms with van der Waals surface area (Å²) < 4.78 is 23.1. The normalized spacial score (nSPS) is 10.6. The molecule has 0 unspecified atom stereocenters. The Morgan fingerprint density at radius 1 is 1.36 bits per heavy atom. The van der Waals surface area contributed by atoms with Crippen LogP contribution >= 0.6 is 0 Å². The van der Waals surface area contributed by atoms with Gasteiger partial charge in [-0.25, -0.2) is 9.18 Å². The maximum Gasteiger partial charge on any atom is 0.331 e. The molecule has 0 radical (unpaired) electrons. The number of amides is 1. The van der Waals surface area contributed by atoms with Crippen molar-refractivity contribution >= 4 is 23.6 Å². The van der Waals surface area contributed by atoms with Gasteiger partial charge in [-0.2, -0.15) is 0 Å². The van der Waals surface area contributed by atoms with Crippen LogP contribution < -0.4 is 5.32 Å². The molecule has 0 fully saturated rings. The molecule has 0 atom stereocenters. The van der Waals surface area contributed by atoms with E-state index in [4.69, 9.17) is 9.15 Å². The molecule has 1 aromatic heterocycles. The molecule has 1 N–H and O–H groups in total. The van der Waals surface area contributed by atoms with E-state index in [1.165, 1.54) is 18.4 Å². The van der Waals surface area contributed by atoms with Gasteiger partial charge < -0.3 is 14.5 Å². The summed E-state index contributed by atoms with van der Waals surface area (Å²) in [5.74, 6) is -1.16. The summed E-state index contributed by atoms with van der Waals surface area (Å²) >= 11 is 0. The summed E-state index contributed by atoms with van der Waals surface area (Å²) in [6.45, 7) is 1.16. The highest BCUT2D eigenvalue weighted by Crippen LogP contribution is 2.13. The zero-order chi connectivity index (χ0) is 15.9. The molecule has 6 heteroatoms. The maximum absolute atomic E-state index is 13.3. The number of halogens is 1. The molecule has 0 bridgehead atoms.